The van der Waals surface area contributed by atoms with Crippen molar-refractivity contribution in [3.8, 4) is 0 Å². The second kappa shape index (κ2) is 4.37. The maximum atomic E-state index is 11.9. The van der Waals surface area contributed by atoms with Crippen molar-refractivity contribution < 1.29 is 8.42 Å². The van der Waals surface area contributed by atoms with Crippen molar-refractivity contribution in [1.82, 2.24) is 14.7 Å². The van der Waals surface area contributed by atoms with Gasteiger partial charge in [0, 0.05) is 0 Å². The molecule has 0 bridgehead atoms. The number of aromatic amines is 1. The highest BCUT2D eigenvalue weighted by Crippen LogP contribution is 2.14. The maximum Gasteiger partial charge on any atom is 0.216 e. The Kier molecular flexibility index (Phi) is 3.16. The Balaban J connectivity index is 2.16. The summed E-state index contributed by atoms with van der Waals surface area (Å²) in [4.78, 5) is 7.40. The van der Waals surface area contributed by atoms with Crippen LogP contribution >= 0.6 is 0 Å². The number of rotatable bonds is 3. The molecule has 6 heteroatoms. The van der Waals surface area contributed by atoms with E-state index < -0.39 is 14.8 Å². The smallest absolute Gasteiger partial charge is 0.216 e. The Morgan fingerprint density at radius 2 is 1.94 bits per heavy atom. The number of para-hydroxylation sites is 2. The summed E-state index contributed by atoms with van der Waals surface area (Å²) in [6.07, 6.45) is 0. The predicted octanol–water partition coefficient (Wildman–Crippen LogP) is 1.78. The lowest BCUT2D eigenvalue weighted by Crippen LogP contribution is -2.39. The van der Waals surface area contributed by atoms with Gasteiger partial charge in [-0.2, -0.15) is 0 Å². The molecule has 0 unspecified atom stereocenters. The molecule has 0 saturated carbocycles. The molecular formula is C12H17N3O2S. The van der Waals surface area contributed by atoms with Gasteiger partial charge in [0.05, 0.1) is 22.3 Å². The molecule has 0 radical (unpaired) electrons. The first-order valence-corrected chi connectivity index (χ1v) is 7.21. The van der Waals surface area contributed by atoms with Crippen molar-refractivity contribution in [3.05, 3.63) is 30.1 Å². The minimum absolute atomic E-state index is 0.175. The zero-order valence-electron chi connectivity index (χ0n) is 10.7. The van der Waals surface area contributed by atoms with E-state index in [0.717, 1.165) is 11.0 Å². The largest absolute Gasteiger partial charge is 0.341 e. The van der Waals surface area contributed by atoms with E-state index in [4.69, 9.17) is 0 Å². The minimum Gasteiger partial charge on any atom is -0.341 e. The van der Waals surface area contributed by atoms with Gasteiger partial charge in [-0.05, 0) is 32.9 Å². The summed E-state index contributed by atoms with van der Waals surface area (Å²) in [5.41, 5.74) is 1.74. The van der Waals surface area contributed by atoms with E-state index in [1.165, 1.54) is 0 Å². The maximum absolute atomic E-state index is 11.9. The van der Waals surface area contributed by atoms with Crippen LogP contribution in [0.15, 0.2) is 24.3 Å². The molecule has 18 heavy (non-hydrogen) atoms. The summed E-state index contributed by atoms with van der Waals surface area (Å²) in [6, 6.07) is 7.59. The van der Waals surface area contributed by atoms with E-state index >= 15 is 0 Å². The normalized spacial score (nSPS) is 13.1. The summed E-state index contributed by atoms with van der Waals surface area (Å²) in [7, 11) is -3.34. The van der Waals surface area contributed by atoms with Gasteiger partial charge in [-0.3, -0.25) is 0 Å². The molecule has 98 valence electrons. The number of sulfonamides is 1. The Morgan fingerprint density at radius 1 is 1.28 bits per heavy atom. The number of hydrogen-bond donors (Lipinski definition) is 2. The van der Waals surface area contributed by atoms with Crippen LogP contribution in [0, 0.1) is 0 Å². The van der Waals surface area contributed by atoms with Crippen LogP contribution in [0.1, 0.15) is 26.6 Å². The van der Waals surface area contributed by atoms with Crippen LogP contribution in [0.3, 0.4) is 0 Å². The number of H-pyrrole nitrogens is 1. The average molecular weight is 267 g/mol. The molecule has 0 atom stereocenters. The van der Waals surface area contributed by atoms with Gasteiger partial charge in [0.2, 0.25) is 10.0 Å². The van der Waals surface area contributed by atoms with Crippen LogP contribution in [0.2, 0.25) is 0 Å². The molecule has 1 heterocycles. The summed E-state index contributed by atoms with van der Waals surface area (Å²) in [5, 5.41) is 0. The van der Waals surface area contributed by atoms with Crippen molar-refractivity contribution in [2.24, 2.45) is 0 Å². The van der Waals surface area contributed by atoms with Gasteiger partial charge in [0.25, 0.3) is 0 Å². The van der Waals surface area contributed by atoms with Crippen LogP contribution in [0.25, 0.3) is 11.0 Å². The molecule has 1 aromatic carbocycles. The molecule has 0 aliphatic carbocycles. The van der Waals surface area contributed by atoms with Gasteiger partial charge in [-0.1, -0.05) is 12.1 Å². The molecule has 0 spiro atoms. The SMILES string of the molecule is CC(C)(C)S(=O)(=O)NCc1nc2ccccc2[nH]1. The standard InChI is InChI=1S/C12H17N3O2S/c1-12(2,3)18(16,17)13-8-11-14-9-6-4-5-7-10(9)15-11/h4-7,13H,8H2,1-3H3,(H,14,15). The first kappa shape index (κ1) is 13.0. The zero-order valence-corrected chi connectivity index (χ0v) is 11.5. The first-order valence-electron chi connectivity index (χ1n) is 5.72. The molecule has 2 aromatic rings. The Bertz CT molecular complexity index is 620. The molecule has 2 rings (SSSR count). The third-order valence-corrected chi connectivity index (χ3v) is 4.81. The van der Waals surface area contributed by atoms with Gasteiger partial charge in [-0.15, -0.1) is 0 Å². The highest BCUT2D eigenvalue weighted by Gasteiger charge is 2.28. The number of hydrogen-bond acceptors (Lipinski definition) is 3. The van der Waals surface area contributed by atoms with Crippen LogP contribution in [-0.2, 0) is 16.6 Å². The van der Waals surface area contributed by atoms with Gasteiger partial charge < -0.3 is 4.98 Å². The minimum atomic E-state index is -3.34. The average Bonchev–Trinajstić information content (AvgIpc) is 2.67. The molecule has 0 aliphatic heterocycles. The molecule has 2 N–H and O–H groups in total. The van der Waals surface area contributed by atoms with E-state index in [-0.39, 0.29) is 6.54 Å². The van der Waals surface area contributed by atoms with Gasteiger partial charge in [-0.25, -0.2) is 18.1 Å². The lowest BCUT2D eigenvalue weighted by atomic mass is 10.3. The van der Waals surface area contributed by atoms with Crippen LogP contribution in [0.5, 0.6) is 0 Å². The van der Waals surface area contributed by atoms with Crippen molar-refractivity contribution in [2.75, 3.05) is 0 Å². The highest BCUT2D eigenvalue weighted by atomic mass is 32.2. The second-order valence-electron chi connectivity index (χ2n) is 5.14. The van der Waals surface area contributed by atoms with Gasteiger partial charge >= 0.3 is 0 Å². The highest BCUT2D eigenvalue weighted by molar-refractivity contribution is 7.90. The van der Waals surface area contributed by atoms with Gasteiger partial charge in [0.1, 0.15) is 5.82 Å². The Labute approximate surface area is 107 Å². The molecule has 0 aliphatic rings. The van der Waals surface area contributed by atoms with E-state index in [1.54, 1.807) is 20.8 Å². The molecular weight excluding hydrogens is 250 g/mol. The number of fused-ring (bicyclic) bond motifs is 1. The first-order chi connectivity index (χ1) is 8.29. The monoisotopic (exact) mass is 267 g/mol. The fourth-order valence-corrected chi connectivity index (χ4v) is 2.23. The van der Waals surface area contributed by atoms with Crippen molar-refractivity contribution in [3.63, 3.8) is 0 Å². The number of imidazole rings is 1. The lowest BCUT2D eigenvalue weighted by Gasteiger charge is -2.19. The summed E-state index contributed by atoms with van der Waals surface area (Å²) in [6.45, 7) is 5.16. The fourth-order valence-electron chi connectivity index (χ4n) is 1.47. The summed E-state index contributed by atoms with van der Waals surface area (Å²) >= 11 is 0. The van der Waals surface area contributed by atoms with Crippen LogP contribution < -0.4 is 4.72 Å². The lowest BCUT2D eigenvalue weighted by molar-refractivity contribution is 0.543. The van der Waals surface area contributed by atoms with Crippen molar-refractivity contribution >= 4 is 21.1 Å². The zero-order chi connectivity index (χ0) is 13.4. The van der Waals surface area contributed by atoms with E-state index in [1.807, 2.05) is 24.3 Å². The number of aromatic nitrogens is 2. The van der Waals surface area contributed by atoms with Crippen LogP contribution in [0.4, 0.5) is 0 Å². The molecule has 5 nitrogen and oxygen atoms in total. The number of benzene rings is 1. The third-order valence-electron chi connectivity index (χ3n) is 2.67. The second-order valence-corrected chi connectivity index (χ2v) is 7.66. The predicted molar refractivity (Wildman–Crippen MR) is 71.6 cm³/mol. The number of nitrogens with one attached hydrogen (secondary N) is 2. The Morgan fingerprint density at radius 3 is 2.56 bits per heavy atom. The topological polar surface area (TPSA) is 74.8 Å². The summed E-state index contributed by atoms with van der Waals surface area (Å²) < 4.78 is 25.5. The van der Waals surface area contributed by atoms with E-state index in [0.29, 0.717) is 5.82 Å². The molecule has 1 aromatic heterocycles. The molecule has 0 amide bonds. The summed E-state index contributed by atoms with van der Waals surface area (Å²) in [5.74, 6) is 0.615. The van der Waals surface area contributed by atoms with Gasteiger partial charge in [0.15, 0.2) is 0 Å². The van der Waals surface area contributed by atoms with E-state index in [9.17, 15) is 8.42 Å². The fraction of sp³-hybridized carbons (Fsp3) is 0.417. The van der Waals surface area contributed by atoms with E-state index in [2.05, 4.69) is 14.7 Å². The number of nitrogens with zero attached hydrogens (tertiary/aromatic N) is 1. The molecule has 0 fully saturated rings. The Hall–Kier alpha value is -1.40. The van der Waals surface area contributed by atoms with Crippen LogP contribution in [-0.4, -0.2) is 23.1 Å². The third kappa shape index (κ3) is 2.54. The van der Waals surface area contributed by atoms with Crippen molar-refractivity contribution in [1.29, 1.82) is 0 Å². The molecule has 0 saturated heterocycles. The quantitative estimate of drug-likeness (QED) is 0.890. The van der Waals surface area contributed by atoms with Crippen molar-refractivity contribution in [2.45, 2.75) is 32.1 Å².